The third-order valence-electron chi connectivity index (χ3n) is 2.85. The number of para-hydroxylation sites is 1. The molecule has 1 amide bonds. The Kier molecular flexibility index (Phi) is 6.11. The van der Waals surface area contributed by atoms with Gasteiger partial charge in [0.2, 0.25) is 5.91 Å². The fourth-order valence-corrected chi connectivity index (χ4v) is 1.84. The number of hydrogen-bond donors (Lipinski definition) is 2. The van der Waals surface area contributed by atoms with Gasteiger partial charge >= 0.3 is 12.1 Å². The first kappa shape index (κ1) is 18.9. The van der Waals surface area contributed by atoms with Crippen molar-refractivity contribution in [3.05, 3.63) is 29.8 Å². The molecular weight excluding hydrogens is 319 g/mol. The summed E-state index contributed by atoms with van der Waals surface area (Å²) in [6, 6.07) is 4.54. The Balaban J connectivity index is 3.38. The van der Waals surface area contributed by atoms with Gasteiger partial charge in [-0.2, -0.15) is 13.2 Å². The normalized spacial score (nSPS) is 14.0. The van der Waals surface area contributed by atoms with Crippen LogP contribution in [0.2, 0.25) is 0 Å². The number of amides is 1. The molecule has 128 valence electrons. The molecule has 0 aliphatic heterocycles. The lowest BCUT2D eigenvalue weighted by Gasteiger charge is -2.30. The Morgan fingerprint density at radius 3 is 2.39 bits per heavy atom. The smallest absolute Gasteiger partial charge is 0.432 e. The Labute approximate surface area is 130 Å². The molecule has 0 saturated carbocycles. The van der Waals surface area contributed by atoms with Crippen molar-refractivity contribution in [3.63, 3.8) is 0 Å². The molecule has 0 aliphatic carbocycles. The van der Waals surface area contributed by atoms with Crippen LogP contribution in [0.1, 0.15) is 12.5 Å². The van der Waals surface area contributed by atoms with Crippen LogP contribution in [0.5, 0.6) is 0 Å². The third kappa shape index (κ3) is 3.99. The largest absolute Gasteiger partial charge is 0.463 e. The van der Waals surface area contributed by atoms with Crippen LogP contribution in [0, 0.1) is 0 Å². The molecule has 1 rings (SSSR count). The summed E-state index contributed by atoms with van der Waals surface area (Å²) in [5.41, 5.74) is -5.11. The number of benzene rings is 1. The van der Waals surface area contributed by atoms with Crippen molar-refractivity contribution in [3.8, 4) is 0 Å². The lowest BCUT2D eigenvalue weighted by Crippen LogP contribution is -2.50. The van der Waals surface area contributed by atoms with Crippen molar-refractivity contribution in [1.82, 2.24) is 0 Å². The van der Waals surface area contributed by atoms with E-state index in [1.54, 1.807) is 0 Å². The second-order valence-corrected chi connectivity index (χ2v) is 4.46. The highest BCUT2D eigenvalue weighted by Gasteiger charge is 2.63. The molecule has 0 aliphatic rings. The molecule has 1 unspecified atom stereocenters. The Morgan fingerprint density at radius 2 is 1.87 bits per heavy atom. The minimum absolute atomic E-state index is 0.352. The maximum atomic E-state index is 13.3. The zero-order valence-electron chi connectivity index (χ0n) is 12.4. The number of nitrogens with one attached hydrogen (secondary N) is 1. The molecule has 0 aromatic heterocycles. The van der Waals surface area contributed by atoms with Gasteiger partial charge in [0.15, 0.2) is 0 Å². The van der Waals surface area contributed by atoms with Gasteiger partial charge in [-0.15, -0.1) is 0 Å². The standard InChI is InChI=1S/C14H16F3NO5/c1-3-23-12(20)13(21,14(15,16)17)9-6-4-5-7-10(9)18-11(19)8-22-2/h4-7,21H,3,8H2,1-2H3,(H,18,19). The molecule has 0 fully saturated rings. The monoisotopic (exact) mass is 335 g/mol. The van der Waals surface area contributed by atoms with Crippen molar-refractivity contribution in [2.45, 2.75) is 18.7 Å². The van der Waals surface area contributed by atoms with Crippen LogP contribution in [0.4, 0.5) is 18.9 Å². The minimum Gasteiger partial charge on any atom is -0.463 e. The molecule has 0 bridgehead atoms. The van der Waals surface area contributed by atoms with Crippen LogP contribution in [0.3, 0.4) is 0 Å². The van der Waals surface area contributed by atoms with Gasteiger partial charge in [0.05, 0.1) is 6.61 Å². The van der Waals surface area contributed by atoms with Gasteiger partial charge < -0.3 is 19.9 Å². The average molecular weight is 335 g/mol. The highest BCUT2D eigenvalue weighted by atomic mass is 19.4. The second kappa shape index (κ2) is 7.42. The van der Waals surface area contributed by atoms with Gasteiger partial charge in [0, 0.05) is 18.4 Å². The van der Waals surface area contributed by atoms with E-state index in [2.05, 4.69) is 14.8 Å². The van der Waals surface area contributed by atoms with Crippen molar-refractivity contribution in [2.24, 2.45) is 0 Å². The molecular formula is C14H16F3NO5. The number of aliphatic hydroxyl groups is 1. The molecule has 1 atom stereocenters. The molecule has 0 spiro atoms. The molecule has 0 radical (unpaired) electrons. The van der Waals surface area contributed by atoms with Gasteiger partial charge in [-0.3, -0.25) is 4.79 Å². The average Bonchev–Trinajstić information content (AvgIpc) is 2.46. The predicted molar refractivity (Wildman–Crippen MR) is 73.5 cm³/mol. The SMILES string of the molecule is CCOC(=O)C(O)(c1ccccc1NC(=O)COC)C(F)(F)F. The lowest BCUT2D eigenvalue weighted by atomic mass is 9.91. The van der Waals surface area contributed by atoms with Crippen LogP contribution in [-0.4, -0.2) is 43.5 Å². The van der Waals surface area contributed by atoms with E-state index in [9.17, 15) is 27.9 Å². The quantitative estimate of drug-likeness (QED) is 0.771. The zero-order chi connectivity index (χ0) is 17.7. The zero-order valence-corrected chi connectivity index (χ0v) is 12.4. The predicted octanol–water partition coefficient (Wildman–Crippen LogP) is 1.58. The first-order chi connectivity index (χ1) is 10.7. The third-order valence-corrected chi connectivity index (χ3v) is 2.85. The van der Waals surface area contributed by atoms with Crippen molar-refractivity contribution in [2.75, 3.05) is 25.6 Å². The van der Waals surface area contributed by atoms with E-state index in [0.717, 1.165) is 12.1 Å². The molecule has 0 heterocycles. The number of carbonyl (C=O) groups is 2. The molecule has 0 saturated heterocycles. The number of halogens is 3. The number of carbonyl (C=O) groups excluding carboxylic acids is 2. The topological polar surface area (TPSA) is 84.9 Å². The number of hydrogen-bond acceptors (Lipinski definition) is 5. The van der Waals surface area contributed by atoms with Crippen LogP contribution < -0.4 is 5.32 Å². The van der Waals surface area contributed by atoms with Gasteiger partial charge in [-0.1, -0.05) is 18.2 Å². The van der Waals surface area contributed by atoms with E-state index >= 15 is 0 Å². The van der Waals surface area contributed by atoms with Gasteiger partial charge in [-0.25, -0.2) is 4.79 Å². The summed E-state index contributed by atoms with van der Waals surface area (Å²) in [5.74, 6) is -2.62. The number of ether oxygens (including phenoxy) is 2. The first-order valence-electron chi connectivity index (χ1n) is 6.53. The van der Waals surface area contributed by atoms with E-state index in [0.29, 0.717) is 0 Å². The van der Waals surface area contributed by atoms with E-state index in [1.165, 1.54) is 26.2 Å². The number of anilines is 1. The number of rotatable bonds is 6. The second-order valence-electron chi connectivity index (χ2n) is 4.46. The molecule has 2 N–H and O–H groups in total. The highest BCUT2D eigenvalue weighted by molar-refractivity contribution is 5.94. The lowest BCUT2D eigenvalue weighted by molar-refractivity contribution is -0.267. The first-order valence-corrected chi connectivity index (χ1v) is 6.53. The number of esters is 1. The number of methoxy groups -OCH3 is 1. The molecule has 23 heavy (non-hydrogen) atoms. The van der Waals surface area contributed by atoms with E-state index in [1.807, 2.05) is 0 Å². The van der Waals surface area contributed by atoms with Crippen LogP contribution in [0.15, 0.2) is 24.3 Å². The maximum Gasteiger partial charge on any atom is 0.432 e. The van der Waals surface area contributed by atoms with Crippen molar-refractivity contribution >= 4 is 17.6 Å². The fourth-order valence-electron chi connectivity index (χ4n) is 1.84. The molecule has 6 nitrogen and oxygen atoms in total. The number of alkyl halides is 3. The summed E-state index contributed by atoms with van der Waals surface area (Å²) < 4.78 is 48.9. The van der Waals surface area contributed by atoms with Crippen LogP contribution in [0.25, 0.3) is 0 Å². The highest BCUT2D eigenvalue weighted by Crippen LogP contribution is 2.42. The van der Waals surface area contributed by atoms with Crippen LogP contribution in [-0.2, 0) is 24.7 Å². The van der Waals surface area contributed by atoms with Gasteiger partial charge in [-0.05, 0) is 13.0 Å². The van der Waals surface area contributed by atoms with Crippen molar-refractivity contribution < 1.29 is 37.3 Å². The summed E-state index contributed by atoms with van der Waals surface area (Å²) in [6.45, 7) is 0.550. The fraction of sp³-hybridized carbons (Fsp3) is 0.429. The van der Waals surface area contributed by atoms with E-state index in [-0.39, 0.29) is 12.3 Å². The maximum absolute atomic E-state index is 13.3. The molecule has 1 aromatic carbocycles. The Bertz CT molecular complexity index is 576. The molecule has 1 aromatic rings. The van der Waals surface area contributed by atoms with Crippen molar-refractivity contribution in [1.29, 1.82) is 0 Å². The Morgan fingerprint density at radius 1 is 1.26 bits per heavy atom. The van der Waals surface area contributed by atoms with E-state index in [4.69, 9.17) is 0 Å². The van der Waals surface area contributed by atoms with Gasteiger partial charge in [0.1, 0.15) is 6.61 Å². The summed E-state index contributed by atoms with van der Waals surface area (Å²) in [5, 5.41) is 12.2. The minimum atomic E-state index is -5.35. The van der Waals surface area contributed by atoms with Gasteiger partial charge in [0.25, 0.3) is 5.60 Å². The summed E-state index contributed by atoms with van der Waals surface area (Å²) in [4.78, 5) is 23.3. The molecule has 9 heteroatoms. The summed E-state index contributed by atoms with van der Waals surface area (Å²) in [6.07, 6.45) is -5.35. The summed E-state index contributed by atoms with van der Waals surface area (Å²) >= 11 is 0. The van der Waals surface area contributed by atoms with E-state index < -0.39 is 35.8 Å². The summed E-state index contributed by atoms with van der Waals surface area (Å²) in [7, 11) is 1.23. The van der Waals surface area contributed by atoms with Crippen LogP contribution >= 0.6 is 0 Å². The Hall–Kier alpha value is -2.13.